The minimum absolute atomic E-state index is 0.0443. The number of piperidine rings is 3. The SMILES string of the molecule is Cc1cccc(C[C@@H](OC(=O)N2CCC(N3CCc4ccccc4NC3=O)CC2)C(=O)N2CCC(N3CCC(C)(N)CC3)CC2)c1. The zero-order valence-electron chi connectivity index (χ0n) is 27.5. The van der Waals surface area contributed by atoms with Crippen LogP contribution in [0.1, 0.15) is 62.1 Å². The van der Waals surface area contributed by atoms with Crippen molar-refractivity contribution in [2.45, 2.75) is 88.9 Å². The molecule has 10 nitrogen and oxygen atoms in total. The third-order valence-corrected chi connectivity index (χ3v) is 10.6. The molecule has 0 radical (unpaired) electrons. The first-order valence-electron chi connectivity index (χ1n) is 17.1. The number of urea groups is 1. The third-order valence-electron chi connectivity index (χ3n) is 10.6. The lowest BCUT2D eigenvalue weighted by Gasteiger charge is -2.44. The second-order valence-corrected chi connectivity index (χ2v) is 14.1. The molecule has 0 aromatic heterocycles. The van der Waals surface area contributed by atoms with E-state index in [1.807, 2.05) is 53.1 Å². The topological polar surface area (TPSA) is 111 Å². The number of hydrogen-bond donors (Lipinski definition) is 2. The number of ether oxygens (including phenoxy) is 1. The first kappa shape index (κ1) is 32.3. The molecular formula is C36H50N6O4. The molecule has 4 aliphatic heterocycles. The van der Waals surface area contributed by atoms with Crippen LogP contribution in [0.5, 0.6) is 0 Å². The van der Waals surface area contributed by atoms with E-state index in [1.165, 1.54) is 0 Å². The summed E-state index contributed by atoms with van der Waals surface area (Å²) >= 11 is 0. The molecule has 10 heteroatoms. The summed E-state index contributed by atoms with van der Waals surface area (Å²) < 4.78 is 6.06. The molecule has 248 valence electrons. The van der Waals surface area contributed by atoms with Crippen LogP contribution in [0.3, 0.4) is 0 Å². The summed E-state index contributed by atoms with van der Waals surface area (Å²) in [6.45, 7) is 9.10. The Morgan fingerprint density at radius 1 is 0.913 bits per heavy atom. The molecule has 0 saturated carbocycles. The van der Waals surface area contributed by atoms with Crippen molar-refractivity contribution in [3.63, 3.8) is 0 Å². The van der Waals surface area contributed by atoms with E-state index in [1.54, 1.807) is 4.90 Å². The van der Waals surface area contributed by atoms with Crippen LogP contribution in [-0.2, 0) is 22.4 Å². The van der Waals surface area contributed by atoms with Gasteiger partial charge in [-0.25, -0.2) is 9.59 Å². The van der Waals surface area contributed by atoms with Gasteiger partial charge in [0.15, 0.2) is 6.10 Å². The van der Waals surface area contributed by atoms with Crippen molar-refractivity contribution < 1.29 is 19.1 Å². The van der Waals surface area contributed by atoms with Crippen molar-refractivity contribution in [3.05, 3.63) is 65.2 Å². The highest BCUT2D eigenvalue weighted by atomic mass is 16.6. The molecule has 1 atom stereocenters. The summed E-state index contributed by atoms with van der Waals surface area (Å²) in [7, 11) is 0. The normalized spacial score (nSPS) is 22.1. The van der Waals surface area contributed by atoms with E-state index in [0.717, 1.165) is 67.6 Å². The zero-order valence-corrected chi connectivity index (χ0v) is 27.5. The molecule has 0 bridgehead atoms. The number of nitrogens with zero attached hydrogens (tertiary/aromatic N) is 4. The van der Waals surface area contributed by atoms with Crippen LogP contribution < -0.4 is 11.1 Å². The van der Waals surface area contributed by atoms with E-state index < -0.39 is 12.2 Å². The highest BCUT2D eigenvalue weighted by molar-refractivity contribution is 5.91. The highest BCUT2D eigenvalue weighted by Gasteiger charge is 2.37. The number of hydrogen-bond acceptors (Lipinski definition) is 6. The number of fused-ring (bicyclic) bond motifs is 1. The lowest BCUT2D eigenvalue weighted by atomic mass is 9.89. The molecule has 46 heavy (non-hydrogen) atoms. The Kier molecular flexibility index (Phi) is 9.84. The van der Waals surface area contributed by atoms with Gasteiger partial charge in [0.1, 0.15) is 0 Å². The highest BCUT2D eigenvalue weighted by Crippen LogP contribution is 2.27. The molecule has 2 aromatic rings. The Bertz CT molecular complexity index is 1390. The summed E-state index contributed by atoms with van der Waals surface area (Å²) in [5.41, 5.74) is 10.4. The van der Waals surface area contributed by atoms with Crippen molar-refractivity contribution >= 4 is 23.7 Å². The number of rotatable bonds is 6. The van der Waals surface area contributed by atoms with E-state index >= 15 is 0 Å². The summed E-state index contributed by atoms with van der Waals surface area (Å²) in [6, 6.07) is 16.4. The molecule has 6 rings (SSSR count). The maximum Gasteiger partial charge on any atom is 0.410 e. The van der Waals surface area contributed by atoms with E-state index in [-0.39, 0.29) is 23.5 Å². The van der Waals surface area contributed by atoms with Crippen molar-refractivity contribution in [2.24, 2.45) is 5.73 Å². The lowest BCUT2D eigenvalue weighted by Crippen LogP contribution is -2.55. The molecule has 3 N–H and O–H groups in total. The van der Waals surface area contributed by atoms with Gasteiger partial charge in [-0.15, -0.1) is 0 Å². The smallest absolute Gasteiger partial charge is 0.410 e. The Labute approximate surface area is 273 Å². The maximum atomic E-state index is 13.9. The monoisotopic (exact) mass is 630 g/mol. The second kappa shape index (κ2) is 14.0. The van der Waals surface area contributed by atoms with Gasteiger partial charge in [0.25, 0.3) is 5.91 Å². The van der Waals surface area contributed by atoms with Crippen LogP contribution in [0.2, 0.25) is 0 Å². The first-order chi connectivity index (χ1) is 22.1. The van der Waals surface area contributed by atoms with Gasteiger partial charge < -0.3 is 35.4 Å². The van der Waals surface area contributed by atoms with Crippen LogP contribution in [0.15, 0.2) is 48.5 Å². The van der Waals surface area contributed by atoms with Crippen LogP contribution in [0, 0.1) is 6.92 Å². The van der Waals surface area contributed by atoms with E-state index in [9.17, 15) is 14.4 Å². The molecule has 3 saturated heterocycles. The molecular weight excluding hydrogens is 580 g/mol. The average Bonchev–Trinajstić information content (AvgIpc) is 3.22. The standard InChI is InChI=1S/C36H50N6O4/c1-26-6-5-7-27(24-26)25-32(33(43)40-17-11-29(12-18-40)39-22-15-36(2,37)16-23-39)46-35(45)41-19-13-30(14-20-41)42-21-10-28-8-3-4-9-31(28)38-34(42)44/h3-9,24,29-30,32H,10-23,25,37H2,1-2H3,(H,38,44)/t32-/m1/s1. The number of benzene rings is 2. The Morgan fingerprint density at radius 3 is 2.30 bits per heavy atom. The zero-order chi connectivity index (χ0) is 32.3. The summed E-state index contributed by atoms with van der Waals surface area (Å²) in [4.78, 5) is 48.6. The number of likely N-dealkylation sites (tertiary alicyclic amines) is 3. The number of aryl methyl sites for hydroxylation is 1. The summed E-state index contributed by atoms with van der Waals surface area (Å²) in [5.74, 6) is -0.114. The molecule has 4 aliphatic rings. The van der Waals surface area contributed by atoms with Gasteiger partial charge >= 0.3 is 12.1 Å². The van der Waals surface area contributed by atoms with Crippen molar-refractivity contribution in [3.8, 4) is 0 Å². The number of nitrogens with one attached hydrogen (secondary N) is 1. The van der Waals surface area contributed by atoms with Crippen LogP contribution >= 0.6 is 0 Å². The van der Waals surface area contributed by atoms with Crippen molar-refractivity contribution in [1.82, 2.24) is 19.6 Å². The van der Waals surface area contributed by atoms with E-state index in [0.29, 0.717) is 58.0 Å². The summed E-state index contributed by atoms with van der Waals surface area (Å²) in [6.07, 6.45) is 4.97. The minimum atomic E-state index is -0.883. The van der Waals surface area contributed by atoms with E-state index in [4.69, 9.17) is 10.5 Å². The van der Waals surface area contributed by atoms with Crippen LogP contribution in [0.25, 0.3) is 0 Å². The molecule has 0 aliphatic carbocycles. The molecule has 4 heterocycles. The molecule has 0 spiro atoms. The predicted octanol–water partition coefficient (Wildman–Crippen LogP) is 4.40. The lowest BCUT2D eigenvalue weighted by molar-refractivity contribution is -0.142. The van der Waals surface area contributed by atoms with Crippen LogP contribution in [-0.4, -0.2) is 107 Å². The third kappa shape index (κ3) is 7.66. The Hall–Kier alpha value is -3.63. The Morgan fingerprint density at radius 2 is 1.59 bits per heavy atom. The number of para-hydroxylation sites is 1. The minimum Gasteiger partial charge on any atom is -0.436 e. The second-order valence-electron chi connectivity index (χ2n) is 14.1. The number of carbonyl (C=O) groups is 3. The number of anilines is 1. The summed E-state index contributed by atoms with van der Waals surface area (Å²) in [5, 5.41) is 3.06. The van der Waals surface area contributed by atoms with Gasteiger partial charge in [0.05, 0.1) is 0 Å². The largest absolute Gasteiger partial charge is 0.436 e. The van der Waals surface area contributed by atoms with Gasteiger partial charge in [-0.1, -0.05) is 48.0 Å². The number of carbonyl (C=O) groups excluding carboxylic acids is 3. The van der Waals surface area contributed by atoms with Gasteiger partial charge in [-0.05, 0) is 76.0 Å². The fourth-order valence-corrected chi connectivity index (χ4v) is 7.58. The van der Waals surface area contributed by atoms with Gasteiger partial charge in [0.2, 0.25) is 0 Å². The van der Waals surface area contributed by atoms with Crippen LogP contribution in [0.4, 0.5) is 15.3 Å². The fourth-order valence-electron chi connectivity index (χ4n) is 7.58. The number of amides is 4. The van der Waals surface area contributed by atoms with Crippen molar-refractivity contribution in [2.75, 3.05) is 51.1 Å². The van der Waals surface area contributed by atoms with Gasteiger partial charge in [-0.2, -0.15) is 0 Å². The maximum absolute atomic E-state index is 13.9. The van der Waals surface area contributed by atoms with Gasteiger partial charge in [-0.3, -0.25) is 4.79 Å². The first-order valence-corrected chi connectivity index (χ1v) is 17.1. The molecule has 0 unspecified atom stereocenters. The fraction of sp³-hybridized carbons (Fsp3) is 0.583. The van der Waals surface area contributed by atoms with E-state index in [2.05, 4.69) is 29.3 Å². The van der Waals surface area contributed by atoms with Gasteiger partial charge in [0, 0.05) is 75.5 Å². The average molecular weight is 631 g/mol. The quantitative estimate of drug-likeness (QED) is 0.490. The molecule has 2 aromatic carbocycles. The molecule has 3 fully saturated rings. The Balaban J connectivity index is 1.05. The predicted molar refractivity (Wildman–Crippen MR) is 179 cm³/mol. The van der Waals surface area contributed by atoms with Crippen molar-refractivity contribution in [1.29, 1.82) is 0 Å². The molecule has 4 amide bonds. The number of nitrogens with two attached hydrogens (primary N) is 1.